The molecule has 0 spiro atoms. The lowest BCUT2D eigenvalue weighted by Gasteiger charge is -2.10. The van der Waals surface area contributed by atoms with E-state index in [1.807, 2.05) is 24.3 Å². The predicted molar refractivity (Wildman–Crippen MR) is 241 cm³/mol. The first-order valence-electron chi connectivity index (χ1n) is 18.7. The standard InChI is InChI=1S/C49H27N5S3/c1-3-13-28(14-4-1)42-45-43(33-18-8-10-23-38(33)56-45)51-48(50-42)35-20-12-24-39-41(35)34-19-11-21-36(44(34)57-39)49-53-46(29-15-5-2-6-16-29)52-47(54-49)30-25-26-32-31-17-7-9-22-37(31)55-40(32)27-30/h1-27H. The molecule has 266 valence electrons. The molecule has 57 heavy (non-hydrogen) atoms. The van der Waals surface area contributed by atoms with Gasteiger partial charge in [-0.2, -0.15) is 0 Å². The molecule has 0 atom stereocenters. The predicted octanol–water partition coefficient (Wildman–Crippen LogP) is 14.1. The third kappa shape index (κ3) is 5.29. The van der Waals surface area contributed by atoms with Gasteiger partial charge in [-0.15, -0.1) is 34.0 Å². The Morgan fingerprint density at radius 2 is 0.895 bits per heavy atom. The molecular weight excluding hydrogens is 755 g/mol. The number of aromatic nitrogens is 5. The molecule has 5 aromatic heterocycles. The van der Waals surface area contributed by atoms with Crippen LogP contribution in [0.5, 0.6) is 0 Å². The minimum Gasteiger partial charge on any atom is -0.226 e. The average molecular weight is 782 g/mol. The molecule has 0 aliphatic rings. The van der Waals surface area contributed by atoms with Gasteiger partial charge in [0.25, 0.3) is 0 Å². The molecule has 0 saturated heterocycles. The van der Waals surface area contributed by atoms with Crippen LogP contribution in [0.25, 0.3) is 117 Å². The van der Waals surface area contributed by atoms with E-state index in [1.165, 1.54) is 24.9 Å². The smallest absolute Gasteiger partial charge is 0.165 e. The van der Waals surface area contributed by atoms with Gasteiger partial charge in [0.15, 0.2) is 23.3 Å². The Labute approximate surface area is 338 Å². The third-order valence-corrected chi connectivity index (χ3v) is 14.1. The van der Waals surface area contributed by atoms with Crippen molar-refractivity contribution >= 4 is 94.7 Å². The highest BCUT2D eigenvalue weighted by Gasteiger charge is 2.22. The van der Waals surface area contributed by atoms with Crippen molar-refractivity contribution in [3.63, 3.8) is 0 Å². The summed E-state index contributed by atoms with van der Waals surface area (Å²) in [6, 6.07) is 57.2. The van der Waals surface area contributed by atoms with Crippen molar-refractivity contribution in [2.75, 3.05) is 0 Å². The van der Waals surface area contributed by atoms with Gasteiger partial charge in [-0.1, -0.05) is 133 Å². The lowest BCUT2D eigenvalue weighted by molar-refractivity contribution is 1.08. The zero-order valence-electron chi connectivity index (χ0n) is 30.0. The van der Waals surface area contributed by atoms with E-state index in [-0.39, 0.29) is 0 Å². The van der Waals surface area contributed by atoms with Crippen molar-refractivity contribution in [3.05, 3.63) is 164 Å². The van der Waals surface area contributed by atoms with Gasteiger partial charge >= 0.3 is 0 Å². The Kier molecular flexibility index (Phi) is 7.38. The summed E-state index contributed by atoms with van der Waals surface area (Å²) in [5.41, 5.74) is 6.89. The maximum absolute atomic E-state index is 5.35. The zero-order valence-corrected chi connectivity index (χ0v) is 32.5. The molecule has 0 bridgehead atoms. The number of fused-ring (bicyclic) bond motifs is 9. The van der Waals surface area contributed by atoms with E-state index >= 15 is 0 Å². The highest BCUT2D eigenvalue weighted by Crippen LogP contribution is 2.45. The minimum absolute atomic E-state index is 0.641. The second kappa shape index (κ2) is 12.9. The average Bonchev–Trinajstić information content (AvgIpc) is 3.97. The first-order valence-corrected chi connectivity index (χ1v) is 21.1. The van der Waals surface area contributed by atoms with Gasteiger partial charge in [-0.05, 0) is 30.3 Å². The summed E-state index contributed by atoms with van der Waals surface area (Å²) >= 11 is 5.31. The van der Waals surface area contributed by atoms with Crippen LogP contribution in [0, 0.1) is 0 Å². The van der Waals surface area contributed by atoms with Crippen LogP contribution in [0.3, 0.4) is 0 Å². The van der Waals surface area contributed by atoms with Gasteiger partial charge in [0.1, 0.15) is 0 Å². The molecule has 8 heteroatoms. The largest absolute Gasteiger partial charge is 0.226 e. The molecule has 0 aliphatic carbocycles. The van der Waals surface area contributed by atoms with Crippen LogP contribution in [-0.4, -0.2) is 24.9 Å². The van der Waals surface area contributed by atoms with Gasteiger partial charge < -0.3 is 0 Å². The van der Waals surface area contributed by atoms with Crippen molar-refractivity contribution in [2.45, 2.75) is 0 Å². The molecule has 0 N–H and O–H groups in total. The van der Waals surface area contributed by atoms with Crippen molar-refractivity contribution in [3.8, 4) is 56.8 Å². The van der Waals surface area contributed by atoms with E-state index in [9.17, 15) is 0 Å². The van der Waals surface area contributed by atoms with Crippen LogP contribution in [0.2, 0.25) is 0 Å². The van der Waals surface area contributed by atoms with Gasteiger partial charge in [-0.25, -0.2) is 24.9 Å². The quantitative estimate of drug-likeness (QED) is 0.174. The second-order valence-corrected chi connectivity index (χ2v) is 17.2. The lowest BCUT2D eigenvalue weighted by Crippen LogP contribution is -2.00. The van der Waals surface area contributed by atoms with Gasteiger partial charge in [-0.3, -0.25) is 0 Å². The molecule has 12 rings (SSSR count). The van der Waals surface area contributed by atoms with E-state index in [1.54, 1.807) is 34.0 Å². The first kappa shape index (κ1) is 32.5. The highest BCUT2D eigenvalue weighted by molar-refractivity contribution is 7.27. The van der Waals surface area contributed by atoms with Crippen LogP contribution >= 0.6 is 34.0 Å². The summed E-state index contributed by atoms with van der Waals surface area (Å²) in [6.45, 7) is 0. The van der Waals surface area contributed by atoms with Crippen molar-refractivity contribution in [1.82, 2.24) is 24.9 Å². The molecule has 0 aliphatic heterocycles. The summed E-state index contributed by atoms with van der Waals surface area (Å²) in [4.78, 5) is 26.2. The monoisotopic (exact) mass is 781 g/mol. The van der Waals surface area contributed by atoms with E-state index in [2.05, 4.69) is 140 Å². The van der Waals surface area contributed by atoms with Crippen molar-refractivity contribution in [2.24, 2.45) is 0 Å². The van der Waals surface area contributed by atoms with Crippen LogP contribution in [0.4, 0.5) is 0 Å². The number of rotatable bonds is 5. The summed E-state index contributed by atoms with van der Waals surface area (Å²) < 4.78 is 7.05. The number of nitrogens with zero attached hydrogens (tertiary/aromatic N) is 5. The summed E-state index contributed by atoms with van der Waals surface area (Å²) in [7, 11) is 0. The Morgan fingerprint density at radius 3 is 1.72 bits per heavy atom. The summed E-state index contributed by atoms with van der Waals surface area (Å²) in [5, 5.41) is 5.91. The Balaban J connectivity index is 1.07. The van der Waals surface area contributed by atoms with Crippen LogP contribution in [0.1, 0.15) is 0 Å². The summed E-state index contributed by atoms with van der Waals surface area (Å²) in [5.74, 6) is 2.65. The van der Waals surface area contributed by atoms with Crippen LogP contribution in [0.15, 0.2) is 164 Å². The van der Waals surface area contributed by atoms with E-state index in [4.69, 9.17) is 24.9 Å². The fourth-order valence-corrected chi connectivity index (χ4v) is 11.5. The minimum atomic E-state index is 0.641. The van der Waals surface area contributed by atoms with Gasteiger partial charge in [0, 0.05) is 78.2 Å². The van der Waals surface area contributed by atoms with E-state index in [0.29, 0.717) is 23.3 Å². The van der Waals surface area contributed by atoms with Crippen molar-refractivity contribution < 1.29 is 0 Å². The second-order valence-electron chi connectivity index (χ2n) is 14.0. The maximum Gasteiger partial charge on any atom is 0.165 e. The fourth-order valence-electron chi connectivity index (χ4n) is 7.92. The molecule has 0 unspecified atom stereocenters. The Morgan fingerprint density at radius 1 is 0.316 bits per heavy atom. The Hall–Kier alpha value is -6.71. The highest BCUT2D eigenvalue weighted by atomic mass is 32.1. The summed E-state index contributed by atoms with van der Waals surface area (Å²) in [6.07, 6.45) is 0. The van der Waals surface area contributed by atoms with Gasteiger partial charge in [0.2, 0.25) is 0 Å². The molecule has 0 radical (unpaired) electrons. The third-order valence-electron chi connectivity index (χ3n) is 10.6. The number of hydrogen-bond donors (Lipinski definition) is 0. The zero-order chi connectivity index (χ0) is 37.5. The maximum atomic E-state index is 5.35. The van der Waals surface area contributed by atoms with Crippen LogP contribution in [-0.2, 0) is 0 Å². The van der Waals surface area contributed by atoms with E-state index < -0.39 is 0 Å². The molecule has 5 heterocycles. The lowest BCUT2D eigenvalue weighted by atomic mass is 10.0. The normalized spacial score (nSPS) is 11.9. The van der Waals surface area contributed by atoms with Crippen molar-refractivity contribution in [1.29, 1.82) is 0 Å². The van der Waals surface area contributed by atoms with Gasteiger partial charge in [0.05, 0.1) is 15.9 Å². The molecule has 0 amide bonds. The molecule has 12 aromatic rings. The number of hydrogen-bond acceptors (Lipinski definition) is 8. The van der Waals surface area contributed by atoms with E-state index in [0.717, 1.165) is 69.3 Å². The van der Waals surface area contributed by atoms with Crippen LogP contribution < -0.4 is 0 Å². The topological polar surface area (TPSA) is 64.5 Å². The number of benzene rings is 7. The Bertz CT molecular complexity index is 3530. The first-order chi connectivity index (χ1) is 28.2. The molecule has 5 nitrogen and oxygen atoms in total. The molecule has 7 aromatic carbocycles. The number of thiophene rings is 3. The molecular formula is C49H27N5S3. The molecule has 0 fully saturated rings. The SMILES string of the molecule is c1ccc(-c2nc(-c3ccc4c(c3)sc3ccccc34)nc(-c3cccc4c3sc3cccc(-c5nc(-c6ccccc6)c6sc7ccccc7c6n5)c34)n2)cc1. The molecule has 0 saturated carbocycles. The fraction of sp³-hybridized carbons (Fsp3) is 0.